The van der Waals surface area contributed by atoms with Gasteiger partial charge in [-0.15, -0.1) is 11.6 Å². The molecular formula is C46H57ClN2O10. The van der Waals surface area contributed by atoms with Crippen molar-refractivity contribution in [2.45, 2.75) is 105 Å². The minimum atomic E-state index is -1.49. The van der Waals surface area contributed by atoms with Gasteiger partial charge in [0.2, 0.25) is 5.91 Å². The van der Waals surface area contributed by atoms with Crippen LogP contribution in [-0.2, 0) is 29.5 Å². The molecule has 0 aromatic heterocycles. The summed E-state index contributed by atoms with van der Waals surface area (Å²) in [6.45, 7) is 12.8. The summed E-state index contributed by atoms with van der Waals surface area (Å²) in [5.41, 5.74) is -1.08. The zero-order valence-electron chi connectivity index (χ0n) is 35.1. The number of nitrogens with one attached hydrogen (secondary N) is 2. The molecule has 3 aromatic rings. The number of fused-ring (bicyclic) bond motifs is 6. The molecule has 0 unspecified atom stereocenters. The number of rotatable bonds is 19. The Morgan fingerprint density at radius 3 is 1.83 bits per heavy atom. The first-order chi connectivity index (χ1) is 28.0. The standard InChI is InChI=1S/C46H57ClN2O10/c1-44(2,3)42(53)56-31-17-20-35-37(28-31)58-38-29-32(57-43(54)45(4,5)6)18-21-36(38)46(35)34-19-16-30(27-33(34)41(52)59-46)40(51)49-23-12-9-10-15-39(50)48-24-14-26-55-25-13-8-7-11-22-47/h16-21,27-29H,7-15,22-26H2,1-6H3,(H,48,50)(H,49,51). The molecule has 2 N–H and O–H groups in total. The van der Waals surface area contributed by atoms with Crippen molar-refractivity contribution in [1.82, 2.24) is 10.6 Å². The summed E-state index contributed by atoms with van der Waals surface area (Å²) in [6, 6.07) is 14.6. The minimum Gasteiger partial charge on any atom is -0.456 e. The predicted molar refractivity (Wildman–Crippen MR) is 223 cm³/mol. The second kappa shape index (κ2) is 19.9. The Balaban J connectivity index is 1.22. The van der Waals surface area contributed by atoms with E-state index >= 15 is 0 Å². The molecule has 0 saturated heterocycles. The van der Waals surface area contributed by atoms with Gasteiger partial charge in [-0.05, 0) is 110 Å². The van der Waals surface area contributed by atoms with Gasteiger partial charge in [0, 0.05) is 73.0 Å². The van der Waals surface area contributed by atoms with Crippen molar-refractivity contribution in [3.8, 4) is 23.0 Å². The number of hydrogen-bond acceptors (Lipinski definition) is 10. The maximum atomic E-state index is 13.8. The Bertz CT molecular complexity index is 1940. The molecule has 13 heteroatoms. The first-order valence-corrected chi connectivity index (χ1v) is 21.1. The largest absolute Gasteiger partial charge is 0.456 e. The monoisotopic (exact) mass is 832 g/mol. The van der Waals surface area contributed by atoms with Crippen LogP contribution in [0.15, 0.2) is 54.6 Å². The SMILES string of the molecule is CC(C)(C)C(=O)Oc1ccc2c(c1)Oc1cc(OC(=O)C(C)(C)C)ccc1C21OC(=O)c2cc(C(=O)NCCCCCC(=O)NCCCOCCCCCCCl)ccc21. The molecule has 0 bridgehead atoms. The second-order valence-electron chi connectivity index (χ2n) is 17.0. The fourth-order valence-corrected chi connectivity index (χ4v) is 6.80. The summed E-state index contributed by atoms with van der Waals surface area (Å²) in [6.07, 6.45) is 7.62. The number of amides is 2. The molecule has 5 rings (SSSR count). The van der Waals surface area contributed by atoms with E-state index in [-0.39, 0.29) is 45.9 Å². The van der Waals surface area contributed by atoms with Gasteiger partial charge in [-0.2, -0.15) is 0 Å². The number of carbonyl (C=O) groups is 5. The number of unbranched alkanes of at least 4 members (excludes halogenated alkanes) is 5. The molecule has 0 radical (unpaired) electrons. The Morgan fingerprint density at radius 2 is 1.22 bits per heavy atom. The van der Waals surface area contributed by atoms with Gasteiger partial charge in [-0.3, -0.25) is 19.2 Å². The zero-order valence-corrected chi connectivity index (χ0v) is 35.8. The maximum Gasteiger partial charge on any atom is 0.340 e. The van der Waals surface area contributed by atoms with Crippen molar-refractivity contribution in [3.05, 3.63) is 82.4 Å². The summed E-state index contributed by atoms with van der Waals surface area (Å²) in [5, 5.41) is 5.85. The lowest BCUT2D eigenvalue weighted by molar-refractivity contribution is -0.143. The van der Waals surface area contributed by atoms with E-state index in [0.717, 1.165) is 45.1 Å². The van der Waals surface area contributed by atoms with Gasteiger partial charge in [-0.1, -0.05) is 25.3 Å². The molecule has 0 atom stereocenters. The number of ether oxygens (including phenoxy) is 5. The molecule has 2 heterocycles. The number of carbonyl (C=O) groups excluding carboxylic acids is 5. The van der Waals surface area contributed by atoms with E-state index in [0.29, 0.717) is 61.5 Å². The van der Waals surface area contributed by atoms with Crippen LogP contribution in [0.5, 0.6) is 23.0 Å². The van der Waals surface area contributed by atoms with E-state index in [1.54, 1.807) is 90.1 Å². The first kappa shape index (κ1) is 45.1. The summed E-state index contributed by atoms with van der Waals surface area (Å²) in [4.78, 5) is 64.8. The molecule has 2 aliphatic heterocycles. The Kier molecular flexibility index (Phi) is 15.2. The van der Waals surface area contributed by atoms with Crippen LogP contribution < -0.4 is 24.8 Å². The van der Waals surface area contributed by atoms with Crippen LogP contribution in [0.1, 0.15) is 137 Å². The van der Waals surface area contributed by atoms with Gasteiger partial charge in [0.05, 0.1) is 16.4 Å². The molecule has 3 aromatic carbocycles. The molecule has 2 amide bonds. The number of benzene rings is 3. The Morgan fingerprint density at radius 1 is 0.661 bits per heavy atom. The normalized spacial score (nSPS) is 13.7. The van der Waals surface area contributed by atoms with Crippen molar-refractivity contribution in [2.24, 2.45) is 10.8 Å². The van der Waals surface area contributed by atoms with E-state index in [1.807, 2.05) is 0 Å². The topological polar surface area (TPSA) is 156 Å². The van der Waals surface area contributed by atoms with E-state index in [2.05, 4.69) is 10.6 Å². The lowest BCUT2D eigenvalue weighted by atomic mass is 9.77. The van der Waals surface area contributed by atoms with Crippen molar-refractivity contribution in [3.63, 3.8) is 0 Å². The molecule has 1 spiro atoms. The molecule has 2 aliphatic rings. The van der Waals surface area contributed by atoms with Crippen LogP contribution in [0, 0.1) is 10.8 Å². The maximum absolute atomic E-state index is 13.8. The second-order valence-corrected chi connectivity index (χ2v) is 17.4. The van der Waals surface area contributed by atoms with Gasteiger partial charge in [0.1, 0.15) is 23.0 Å². The van der Waals surface area contributed by atoms with Crippen LogP contribution >= 0.6 is 11.6 Å². The van der Waals surface area contributed by atoms with E-state index in [9.17, 15) is 24.0 Å². The molecule has 0 aliphatic carbocycles. The fourth-order valence-electron chi connectivity index (χ4n) is 6.61. The number of alkyl halides is 1. The van der Waals surface area contributed by atoms with E-state index < -0.39 is 34.3 Å². The van der Waals surface area contributed by atoms with E-state index in [4.69, 9.17) is 35.3 Å². The summed E-state index contributed by atoms with van der Waals surface area (Å²) >= 11 is 5.69. The van der Waals surface area contributed by atoms with Crippen LogP contribution in [-0.4, -0.2) is 61.9 Å². The Hall–Kier alpha value is -4.94. The third-order valence-corrected chi connectivity index (χ3v) is 10.3. The highest BCUT2D eigenvalue weighted by atomic mass is 35.5. The van der Waals surface area contributed by atoms with E-state index in [1.165, 1.54) is 6.07 Å². The number of esters is 3. The highest BCUT2D eigenvalue weighted by Gasteiger charge is 2.54. The van der Waals surface area contributed by atoms with Gasteiger partial charge in [0.15, 0.2) is 5.60 Å². The van der Waals surface area contributed by atoms with Gasteiger partial charge < -0.3 is 34.3 Å². The number of hydrogen-bond donors (Lipinski definition) is 2. The Labute approximate surface area is 352 Å². The van der Waals surface area contributed by atoms with Crippen LogP contribution in [0.25, 0.3) is 0 Å². The third kappa shape index (κ3) is 11.4. The van der Waals surface area contributed by atoms with Crippen molar-refractivity contribution in [1.29, 1.82) is 0 Å². The zero-order chi connectivity index (χ0) is 42.8. The lowest BCUT2D eigenvalue weighted by Crippen LogP contribution is -2.33. The molecule has 12 nitrogen and oxygen atoms in total. The molecule has 0 saturated carbocycles. The summed E-state index contributed by atoms with van der Waals surface area (Å²) in [5.74, 6) is -0.180. The van der Waals surface area contributed by atoms with Crippen molar-refractivity contribution >= 4 is 41.3 Å². The average molecular weight is 833 g/mol. The predicted octanol–water partition coefficient (Wildman–Crippen LogP) is 8.77. The van der Waals surface area contributed by atoms with Gasteiger partial charge >= 0.3 is 17.9 Å². The highest BCUT2D eigenvalue weighted by molar-refractivity contribution is 6.17. The van der Waals surface area contributed by atoms with Crippen LogP contribution in [0.3, 0.4) is 0 Å². The third-order valence-electron chi connectivity index (χ3n) is 9.98. The average Bonchev–Trinajstić information content (AvgIpc) is 3.47. The fraction of sp³-hybridized carbons (Fsp3) is 0.500. The smallest absolute Gasteiger partial charge is 0.340 e. The molecule has 59 heavy (non-hydrogen) atoms. The quantitative estimate of drug-likeness (QED) is 0.0518. The molecule has 318 valence electrons. The van der Waals surface area contributed by atoms with Gasteiger partial charge in [0.25, 0.3) is 5.91 Å². The lowest BCUT2D eigenvalue weighted by Gasteiger charge is -2.36. The highest BCUT2D eigenvalue weighted by Crippen LogP contribution is 2.57. The molecular weight excluding hydrogens is 776 g/mol. The van der Waals surface area contributed by atoms with Crippen molar-refractivity contribution in [2.75, 3.05) is 32.2 Å². The van der Waals surface area contributed by atoms with Gasteiger partial charge in [-0.25, -0.2) is 4.79 Å². The van der Waals surface area contributed by atoms with Crippen LogP contribution in [0.4, 0.5) is 0 Å². The summed E-state index contributed by atoms with van der Waals surface area (Å²) in [7, 11) is 0. The van der Waals surface area contributed by atoms with Crippen LogP contribution in [0.2, 0.25) is 0 Å². The first-order valence-electron chi connectivity index (χ1n) is 20.5. The van der Waals surface area contributed by atoms with Crippen molar-refractivity contribution < 1.29 is 47.7 Å². The summed E-state index contributed by atoms with van der Waals surface area (Å²) < 4.78 is 29.6. The minimum absolute atomic E-state index is 0.00139. The number of halogens is 1. The molecule has 0 fully saturated rings.